The van der Waals surface area contributed by atoms with Crippen LogP contribution in [0.2, 0.25) is 0 Å². The topological polar surface area (TPSA) is 73.2 Å². The van der Waals surface area contributed by atoms with E-state index in [0.717, 1.165) is 4.47 Å². The largest absolute Gasteiger partial charge is 0.467 e. The fourth-order valence-corrected chi connectivity index (χ4v) is 2.16. The second-order valence-corrected chi connectivity index (χ2v) is 5.30. The molecule has 1 amide bonds. The highest BCUT2D eigenvalue weighted by Crippen LogP contribution is 2.12. The lowest BCUT2D eigenvalue weighted by atomic mass is 10.4. The van der Waals surface area contributed by atoms with Crippen LogP contribution in [0.1, 0.15) is 22.1 Å². The molecule has 0 unspecified atom stereocenters. The number of aromatic nitrogens is 2. The van der Waals surface area contributed by atoms with Crippen molar-refractivity contribution in [1.82, 2.24) is 15.1 Å². The molecule has 1 N–H and O–H groups in total. The molecule has 0 saturated heterocycles. The van der Waals surface area contributed by atoms with E-state index in [9.17, 15) is 4.79 Å². The Kier molecular flexibility index (Phi) is 3.92. The Labute approximate surface area is 128 Å². The molecule has 0 atom stereocenters. The summed E-state index contributed by atoms with van der Waals surface area (Å²) in [6.45, 7) is 0.797. The van der Waals surface area contributed by atoms with Crippen LogP contribution in [0, 0.1) is 0 Å². The maximum atomic E-state index is 11.9. The van der Waals surface area contributed by atoms with Gasteiger partial charge in [0.2, 0.25) is 0 Å². The van der Waals surface area contributed by atoms with Crippen molar-refractivity contribution in [2.45, 2.75) is 13.1 Å². The minimum Gasteiger partial charge on any atom is -0.467 e. The molecule has 0 aliphatic rings. The number of carbonyl (C=O) groups excluding carboxylic acids is 1. The number of amides is 1. The second-order valence-electron chi connectivity index (χ2n) is 4.38. The third-order valence-electron chi connectivity index (χ3n) is 2.81. The zero-order valence-corrected chi connectivity index (χ0v) is 12.5. The molecule has 0 bridgehead atoms. The minimum atomic E-state index is -0.278. The maximum Gasteiger partial charge on any atom is 0.287 e. The Hall–Kier alpha value is -2.28. The van der Waals surface area contributed by atoms with E-state index in [4.69, 9.17) is 8.83 Å². The van der Waals surface area contributed by atoms with Crippen molar-refractivity contribution >= 4 is 21.8 Å². The summed E-state index contributed by atoms with van der Waals surface area (Å²) in [7, 11) is 0. The molecule has 21 heavy (non-hydrogen) atoms. The van der Waals surface area contributed by atoms with E-state index in [1.807, 2.05) is 6.20 Å². The van der Waals surface area contributed by atoms with Gasteiger partial charge in [0.15, 0.2) is 5.76 Å². The summed E-state index contributed by atoms with van der Waals surface area (Å²) in [5.74, 6) is 1.34. The summed E-state index contributed by atoms with van der Waals surface area (Å²) in [6, 6.07) is 6.97. The van der Waals surface area contributed by atoms with Crippen LogP contribution < -0.4 is 5.32 Å². The Bertz CT molecular complexity index is 730. The fraction of sp³-hybridized carbons (Fsp3) is 0.143. The lowest BCUT2D eigenvalue weighted by Crippen LogP contribution is -2.21. The van der Waals surface area contributed by atoms with E-state index >= 15 is 0 Å². The van der Waals surface area contributed by atoms with Gasteiger partial charge in [-0.05, 0) is 40.2 Å². The zero-order valence-electron chi connectivity index (χ0n) is 11.0. The summed E-state index contributed by atoms with van der Waals surface area (Å²) in [4.78, 5) is 11.9. The minimum absolute atomic E-state index is 0.266. The number of nitrogens with zero attached hydrogens (tertiary/aromatic N) is 2. The smallest absolute Gasteiger partial charge is 0.287 e. The van der Waals surface area contributed by atoms with Crippen molar-refractivity contribution in [2.24, 2.45) is 0 Å². The van der Waals surface area contributed by atoms with Crippen LogP contribution in [-0.2, 0) is 13.1 Å². The van der Waals surface area contributed by atoms with Gasteiger partial charge in [0.25, 0.3) is 5.91 Å². The van der Waals surface area contributed by atoms with Gasteiger partial charge in [-0.15, -0.1) is 0 Å². The van der Waals surface area contributed by atoms with Crippen molar-refractivity contribution in [1.29, 1.82) is 0 Å². The standard InChI is InChI=1S/C14H12BrN3O3/c15-10-6-17-18(8-10)9-12-3-4-13(21-12)14(19)16-7-11-2-1-5-20-11/h1-6,8H,7,9H2,(H,16,19). The quantitative estimate of drug-likeness (QED) is 0.768. The highest BCUT2D eigenvalue weighted by molar-refractivity contribution is 9.10. The van der Waals surface area contributed by atoms with Gasteiger partial charge >= 0.3 is 0 Å². The number of furan rings is 2. The summed E-state index contributed by atoms with van der Waals surface area (Å²) in [5.41, 5.74) is 0. The Morgan fingerprint density at radius 2 is 2.24 bits per heavy atom. The van der Waals surface area contributed by atoms with Gasteiger partial charge in [0.1, 0.15) is 11.5 Å². The first-order valence-corrected chi connectivity index (χ1v) is 7.07. The van der Waals surface area contributed by atoms with Crippen molar-refractivity contribution in [3.63, 3.8) is 0 Å². The molecule has 0 aromatic carbocycles. The van der Waals surface area contributed by atoms with Gasteiger partial charge in [-0.25, -0.2) is 0 Å². The van der Waals surface area contributed by atoms with E-state index < -0.39 is 0 Å². The summed E-state index contributed by atoms with van der Waals surface area (Å²) >= 11 is 3.33. The third kappa shape index (κ3) is 3.43. The molecule has 108 valence electrons. The molecular weight excluding hydrogens is 338 g/mol. The average molecular weight is 350 g/mol. The normalized spacial score (nSPS) is 10.7. The van der Waals surface area contributed by atoms with E-state index in [-0.39, 0.29) is 11.7 Å². The van der Waals surface area contributed by atoms with Crippen LogP contribution in [0.3, 0.4) is 0 Å². The van der Waals surface area contributed by atoms with E-state index in [2.05, 4.69) is 26.3 Å². The number of rotatable bonds is 5. The highest BCUT2D eigenvalue weighted by atomic mass is 79.9. The Morgan fingerprint density at radius 1 is 1.33 bits per heavy atom. The van der Waals surface area contributed by atoms with Gasteiger partial charge in [-0.3, -0.25) is 9.48 Å². The molecule has 0 aliphatic heterocycles. The molecule has 0 radical (unpaired) electrons. The highest BCUT2D eigenvalue weighted by Gasteiger charge is 2.12. The number of halogens is 1. The molecule has 3 aromatic rings. The molecule has 0 spiro atoms. The van der Waals surface area contributed by atoms with Gasteiger partial charge in [0.05, 0.1) is 30.0 Å². The van der Waals surface area contributed by atoms with Crippen molar-refractivity contribution in [2.75, 3.05) is 0 Å². The molecule has 7 heteroatoms. The van der Waals surface area contributed by atoms with Crippen LogP contribution >= 0.6 is 15.9 Å². The van der Waals surface area contributed by atoms with E-state index in [1.165, 1.54) is 0 Å². The third-order valence-corrected chi connectivity index (χ3v) is 3.22. The molecule has 0 saturated carbocycles. The molecule has 3 heterocycles. The predicted octanol–water partition coefficient (Wildman–Crippen LogP) is 2.81. The van der Waals surface area contributed by atoms with Crippen LogP contribution in [0.5, 0.6) is 0 Å². The van der Waals surface area contributed by atoms with Gasteiger partial charge in [0, 0.05) is 6.20 Å². The molecule has 0 fully saturated rings. The first-order chi connectivity index (χ1) is 10.2. The van der Waals surface area contributed by atoms with Gasteiger partial charge in [-0.2, -0.15) is 5.10 Å². The number of nitrogens with one attached hydrogen (secondary N) is 1. The second kappa shape index (κ2) is 6.01. The zero-order chi connectivity index (χ0) is 14.7. The molecule has 3 rings (SSSR count). The van der Waals surface area contributed by atoms with Crippen molar-refractivity contribution in [3.8, 4) is 0 Å². The molecule has 0 aliphatic carbocycles. The van der Waals surface area contributed by atoms with Crippen LogP contribution in [0.25, 0.3) is 0 Å². The first-order valence-electron chi connectivity index (χ1n) is 6.28. The Balaban J connectivity index is 1.60. The van der Waals surface area contributed by atoms with Crippen LogP contribution in [0.15, 0.2) is 56.2 Å². The number of carbonyl (C=O) groups is 1. The number of hydrogen-bond acceptors (Lipinski definition) is 4. The summed E-state index contributed by atoms with van der Waals surface area (Å²) < 4.78 is 13.3. The number of hydrogen-bond donors (Lipinski definition) is 1. The molecular formula is C14H12BrN3O3. The van der Waals surface area contributed by atoms with Crippen molar-refractivity contribution in [3.05, 3.63) is 64.7 Å². The van der Waals surface area contributed by atoms with Crippen LogP contribution in [-0.4, -0.2) is 15.7 Å². The lowest BCUT2D eigenvalue weighted by Gasteiger charge is -2.00. The fourth-order valence-electron chi connectivity index (χ4n) is 1.84. The summed E-state index contributed by atoms with van der Waals surface area (Å²) in [5, 5.41) is 6.86. The Morgan fingerprint density at radius 3 is 2.95 bits per heavy atom. The summed E-state index contributed by atoms with van der Waals surface area (Å²) in [6.07, 6.45) is 5.09. The van der Waals surface area contributed by atoms with E-state index in [1.54, 1.807) is 41.4 Å². The van der Waals surface area contributed by atoms with E-state index in [0.29, 0.717) is 24.6 Å². The predicted molar refractivity (Wildman–Crippen MR) is 77.6 cm³/mol. The maximum absolute atomic E-state index is 11.9. The SMILES string of the molecule is O=C(NCc1ccco1)c1ccc(Cn2cc(Br)cn2)o1. The average Bonchev–Trinajstić information content (AvgIpc) is 3.19. The van der Waals surface area contributed by atoms with Gasteiger partial charge in [-0.1, -0.05) is 0 Å². The molecule has 6 nitrogen and oxygen atoms in total. The van der Waals surface area contributed by atoms with Crippen LogP contribution in [0.4, 0.5) is 0 Å². The van der Waals surface area contributed by atoms with Gasteiger partial charge < -0.3 is 14.2 Å². The first kappa shape index (κ1) is 13.7. The molecule has 3 aromatic heterocycles. The van der Waals surface area contributed by atoms with Crippen molar-refractivity contribution < 1.29 is 13.6 Å². The monoisotopic (exact) mass is 349 g/mol. The lowest BCUT2D eigenvalue weighted by molar-refractivity contribution is 0.0918.